The van der Waals surface area contributed by atoms with Crippen molar-refractivity contribution < 1.29 is 31.1 Å². The van der Waals surface area contributed by atoms with Gasteiger partial charge in [0.25, 0.3) is 10.0 Å². The Morgan fingerprint density at radius 1 is 0.971 bits per heavy atom. The number of rotatable bonds is 5. The van der Waals surface area contributed by atoms with E-state index in [0.717, 1.165) is 28.9 Å². The van der Waals surface area contributed by atoms with Crippen LogP contribution in [0.1, 0.15) is 5.56 Å². The van der Waals surface area contributed by atoms with Crippen LogP contribution in [0.4, 0.5) is 13.2 Å². The SMILES string of the molecule is O=S(=O)(Cc1ccc(OC(F)(F)F)cc1)/N=c1/n2c3c(cccc3n1-c1ccccc1)OCC2. The van der Waals surface area contributed by atoms with Crippen LogP contribution in [0.15, 0.2) is 77.2 Å². The molecule has 0 unspecified atom stereocenters. The summed E-state index contributed by atoms with van der Waals surface area (Å²) < 4.78 is 80.6. The quantitative estimate of drug-likeness (QED) is 0.422. The molecule has 1 aliphatic rings. The molecule has 34 heavy (non-hydrogen) atoms. The summed E-state index contributed by atoms with van der Waals surface area (Å²) in [6, 6.07) is 19.4. The molecule has 0 amide bonds. The molecule has 2 heterocycles. The van der Waals surface area contributed by atoms with Gasteiger partial charge in [-0.1, -0.05) is 36.4 Å². The fraction of sp³-hybridized carbons (Fsp3) is 0.174. The van der Waals surface area contributed by atoms with E-state index in [1.54, 1.807) is 9.13 Å². The third kappa shape index (κ3) is 4.38. The van der Waals surface area contributed by atoms with Gasteiger partial charge in [-0.2, -0.15) is 0 Å². The zero-order valence-corrected chi connectivity index (χ0v) is 18.4. The van der Waals surface area contributed by atoms with Crippen molar-refractivity contribution in [3.05, 3.63) is 84.0 Å². The van der Waals surface area contributed by atoms with Gasteiger partial charge in [-0.25, -0.2) is 8.42 Å². The average molecular weight is 489 g/mol. The van der Waals surface area contributed by atoms with Crippen LogP contribution in [-0.4, -0.2) is 30.5 Å². The molecule has 0 atom stereocenters. The lowest BCUT2D eigenvalue weighted by atomic mass is 10.2. The standard InChI is InChI=1S/C23H18F3N3O4S/c24-23(25,26)33-18-11-9-16(10-12-18)15-34(30,31)27-22-28-13-14-32-20-8-4-7-19(21(20)28)29(22)17-5-2-1-3-6-17/h1-12H,13-15H2/b27-22-. The summed E-state index contributed by atoms with van der Waals surface area (Å²) in [6.07, 6.45) is -4.82. The van der Waals surface area contributed by atoms with Crippen molar-refractivity contribution in [2.45, 2.75) is 18.7 Å². The molecule has 176 valence electrons. The summed E-state index contributed by atoms with van der Waals surface area (Å²) in [5.41, 5.74) is 2.70. The van der Waals surface area contributed by atoms with Crippen LogP contribution in [-0.2, 0) is 22.3 Å². The second kappa shape index (κ2) is 8.24. The van der Waals surface area contributed by atoms with Crippen LogP contribution in [0.25, 0.3) is 16.7 Å². The number of benzene rings is 3. The van der Waals surface area contributed by atoms with Gasteiger partial charge in [-0.3, -0.25) is 4.57 Å². The summed E-state index contributed by atoms with van der Waals surface area (Å²) in [7, 11) is -4.06. The topological polar surface area (TPSA) is 74.8 Å². The van der Waals surface area contributed by atoms with E-state index in [-0.39, 0.29) is 11.2 Å². The predicted octanol–water partition coefficient (Wildman–Crippen LogP) is 4.15. The highest BCUT2D eigenvalue weighted by molar-refractivity contribution is 7.89. The average Bonchev–Trinajstić information content (AvgIpc) is 3.09. The van der Waals surface area contributed by atoms with Gasteiger partial charge in [0.2, 0.25) is 5.62 Å². The monoisotopic (exact) mass is 489 g/mol. The van der Waals surface area contributed by atoms with E-state index in [2.05, 4.69) is 9.13 Å². The number of aromatic nitrogens is 2. The summed E-state index contributed by atoms with van der Waals surface area (Å²) in [4.78, 5) is 0. The van der Waals surface area contributed by atoms with Gasteiger partial charge in [0.05, 0.1) is 17.8 Å². The normalized spacial score (nSPS) is 14.3. The number of ether oxygens (including phenoxy) is 2. The van der Waals surface area contributed by atoms with E-state index in [4.69, 9.17) is 4.74 Å². The summed E-state index contributed by atoms with van der Waals surface area (Å²) in [5, 5.41) is 0. The van der Waals surface area contributed by atoms with E-state index >= 15 is 0 Å². The van der Waals surface area contributed by atoms with Crippen molar-refractivity contribution in [3.63, 3.8) is 0 Å². The van der Waals surface area contributed by atoms with Crippen LogP contribution < -0.4 is 15.1 Å². The number of hydrogen-bond acceptors (Lipinski definition) is 4. The summed E-state index contributed by atoms with van der Waals surface area (Å²) in [5.74, 6) is -0.284. The van der Waals surface area contributed by atoms with E-state index in [0.29, 0.717) is 18.9 Å². The number of sulfonamides is 1. The molecule has 0 radical (unpaired) electrons. The molecule has 7 nitrogen and oxygen atoms in total. The van der Waals surface area contributed by atoms with Crippen LogP contribution in [0.3, 0.4) is 0 Å². The van der Waals surface area contributed by atoms with Gasteiger partial charge >= 0.3 is 6.36 Å². The first-order chi connectivity index (χ1) is 16.2. The molecule has 0 bridgehead atoms. The number of alkyl halides is 3. The first-order valence-corrected chi connectivity index (χ1v) is 11.9. The van der Waals surface area contributed by atoms with E-state index in [1.165, 1.54) is 12.1 Å². The third-order valence-electron chi connectivity index (χ3n) is 5.24. The van der Waals surface area contributed by atoms with Gasteiger partial charge in [0, 0.05) is 5.69 Å². The maximum absolute atomic E-state index is 13.1. The minimum atomic E-state index is -4.82. The van der Waals surface area contributed by atoms with E-state index in [9.17, 15) is 21.6 Å². The lowest BCUT2D eigenvalue weighted by molar-refractivity contribution is -0.274. The number of hydrogen-bond donors (Lipinski definition) is 0. The number of imidazole rings is 1. The second-order valence-electron chi connectivity index (χ2n) is 7.60. The fourth-order valence-electron chi connectivity index (χ4n) is 3.94. The zero-order valence-electron chi connectivity index (χ0n) is 17.6. The van der Waals surface area contributed by atoms with Crippen LogP contribution in [0.2, 0.25) is 0 Å². The van der Waals surface area contributed by atoms with Crippen LogP contribution >= 0.6 is 0 Å². The molecule has 0 fully saturated rings. The Bertz CT molecular complexity index is 1520. The number of para-hydroxylation sites is 2. The fourth-order valence-corrected chi connectivity index (χ4v) is 5.05. The molecule has 0 spiro atoms. The first-order valence-electron chi connectivity index (χ1n) is 10.3. The Morgan fingerprint density at radius 2 is 1.71 bits per heavy atom. The highest BCUT2D eigenvalue weighted by Gasteiger charge is 2.31. The first kappa shape index (κ1) is 22.1. The largest absolute Gasteiger partial charge is 0.573 e. The van der Waals surface area contributed by atoms with Gasteiger partial charge in [0.15, 0.2) is 0 Å². The molecule has 1 aromatic heterocycles. The van der Waals surface area contributed by atoms with Gasteiger partial charge in [-0.05, 0) is 42.0 Å². The van der Waals surface area contributed by atoms with Crippen molar-refractivity contribution in [3.8, 4) is 17.2 Å². The Morgan fingerprint density at radius 3 is 2.41 bits per heavy atom. The molecule has 0 N–H and O–H groups in total. The van der Waals surface area contributed by atoms with E-state index in [1.807, 2.05) is 48.5 Å². The molecule has 3 aromatic carbocycles. The van der Waals surface area contributed by atoms with Crippen molar-refractivity contribution in [1.82, 2.24) is 9.13 Å². The molecule has 0 aliphatic carbocycles. The molecule has 0 saturated carbocycles. The Balaban J connectivity index is 1.61. The molecule has 5 rings (SSSR count). The second-order valence-corrected chi connectivity index (χ2v) is 9.24. The minimum Gasteiger partial charge on any atom is -0.489 e. The molecule has 11 heteroatoms. The summed E-state index contributed by atoms with van der Waals surface area (Å²) in [6.45, 7) is 0.768. The third-order valence-corrected chi connectivity index (χ3v) is 6.38. The van der Waals surface area contributed by atoms with Crippen molar-refractivity contribution in [2.24, 2.45) is 4.40 Å². The van der Waals surface area contributed by atoms with Crippen molar-refractivity contribution >= 4 is 21.1 Å². The lowest BCUT2D eigenvalue weighted by Gasteiger charge is -2.15. The zero-order chi connectivity index (χ0) is 23.9. The maximum Gasteiger partial charge on any atom is 0.573 e. The molecular formula is C23H18F3N3O4S. The van der Waals surface area contributed by atoms with Gasteiger partial charge in [-0.15, -0.1) is 17.6 Å². The molecular weight excluding hydrogens is 471 g/mol. The number of nitrogens with zero attached hydrogens (tertiary/aromatic N) is 3. The summed E-state index contributed by atoms with van der Waals surface area (Å²) >= 11 is 0. The Kier molecular flexibility index (Phi) is 5.35. The van der Waals surface area contributed by atoms with Crippen molar-refractivity contribution in [2.75, 3.05) is 6.61 Å². The van der Waals surface area contributed by atoms with Crippen LogP contribution in [0, 0.1) is 0 Å². The molecule has 0 saturated heterocycles. The lowest BCUT2D eigenvalue weighted by Crippen LogP contribution is -2.30. The van der Waals surface area contributed by atoms with Crippen LogP contribution in [0.5, 0.6) is 11.5 Å². The van der Waals surface area contributed by atoms with Gasteiger partial charge < -0.3 is 14.0 Å². The maximum atomic E-state index is 13.1. The van der Waals surface area contributed by atoms with Gasteiger partial charge in [0.1, 0.15) is 23.6 Å². The Labute approximate surface area is 192 Å². The highest BCUT2D eigenvalue weighted by atomic mass is 32.2. The van der Waals surface area contributed by atoms with E-state index < -0.39 is 27.9 Å². The number of halogens is 3. The molecule has 1 aliphatic heterocycles. The van der Waals surface area contributed by atoms with Crippen molar-refractivity contribution in [1.29, 1.82) is 0 Å². The molecule has 4 aromatic rings. The Hall–Kier alpha value is -3.73. The minimum absolute atomic E-state index is 0.217. The smallest absolute Gasteiger partial charge is 0.489 e. The highest BCUT2D eigenvalue weighted by Crippen LogP contribution is 2.29. The predicted molar refractivity (Wildman–Crippen MR) is 118 cm³/mol.